The molecule has 0 aromatic carbocycles. The summed E-state index contributed by atoms with van der Waals surface area (Å²) in [6, 6.07) is 0. The molecule has 0 amide bonds. The average molecular weight is 265 g/mol. The third-order valence-electron chi connectivity index (χ3n) is 2.23. The Hall–Kier alpha value is -0.240. The van der Waals surface area contributed by atoms with Crippen molar-refractivity contribution in [2.45, 2.75) is 32.0 Å². The zero-order chi connectivity index (χ0) is 13.6. The molecule has 0 saturated carbocycles. The summed E-state index contributed by atoms with van der Waals surface area (Å²) in [5, 5.41) is 18.5. The summed E-state index contributed by atoms with van der Waals surface area (Å²) in [6.45, 7) is 4.78. The van der Waals surface area contributed by atoms with Crippen LogP contribution in [0.25, 0.3) is 0 Å². The molecule has 0 fully saturated rings. The number of rotatable bonds is 13. The van der Waals surface area contributed by atoms with Crippen LogP contribution in [0.15, 0.2) is 0 Å². The highest BCUT2D eigenvalue weighted by Crippen LogP contribution is 1.94. The third kappa shape index (κ3) is 12.2. The van der Waals surface area contributed by atoms with Crippen molar-refractivity contribution in [1.29, 1.82) is 0 Å². The first kappa shape index (κ1) is 17.8. The van der Waals surface area contributed by atoms with Crippen LogP contribution >= 0.6 is 0 Å². The van der Waals surface area contributed by atoms with E-state index in [9.17, 15) is 5.11 Å². The van der Waals surface area contributed by atoms with E-state index in [1.807, 2.05) is 6.92 Å². The Morgan fingerprint density at radius 3 is 1.89 bits per heavy atom. The quantitative estimate of drug-likeness (QED) is 0.389. The molecule has 2 atom stereocenters. The fourth-order valence-electron chi connectivity index (χ4n) is 1.22. The van der Waals surface area contributed by atoms with Crippen LogP contribution in [0.4, 0.5) is 0 Å². The van der Waals surface area contributed by atoms with Crippen LogP contribution in [-0.4, -0.2) is 68.6 Å². The molecule has 0 aromatic rings. The maximum absolute atomic E-state index is 9.39. The highest BCUT2D eigenvalue weighted by atomic mass is 16.5. The van der Waals surface area contributed by atoms with Crippen LogP contribution in [0.3, 0.4) is 0 Å². The Morgan fingerprint density at radius 1 is 0.889 bits per heavy atom. The molecule has 0 aliphatic carbocycles. The van der Waals surface area contributed by atoms with Crippen LogP contribution in [-0.2, 0) is 14.2 Å². The van der Waals surface area contributed by atoms with E-state index in [2.05, 4.69) is 0 Å². The molecule has 0 rings (SSSR count). The lowest BCUT2D eigenvalue weighted by Gasteiger charge is -2.11. The van der Waals surface area contributed by atoms with Gasteiger partial charge < -0.3 is 30.2 Å². The lowest BCUT2D eigenvalue weighted by molar-refractivity contribution is -0.0183. The van der Waals surface area contributed by atoms with Gasteiger partial charge in [-0.2, -0.15) is 0 Å². The standard InChI is InChI=1S/C12H27NO5/c1-2-16-9-12(15)10-18-6-4-3-5-17-8-11(14)7-13/h11-12,14-15H,2-10,13H2,1H3. The molecule has 0 radical (unpaired) electrons. The van der Waals surface area contributed by atoms with Crippen LogP contribution < -0.4 is 5.73 Å². The molecule has 0 spiro atoms. The maximum atomic E-state index is 9.39. The highest BCUT2D eigenvalue weighted by molar-refractivity contribution is 4.53. The van der Waals surface area contributed by atoms with Gasteiger partial charge in [-0.05, 0) is 19.8 Å². The molecule has 0 heterocycles. The minimum Gasteiger partial charge on any atom is -0.389 e. The topological polar surface area (TPSA) is 94.2 Å². The van der Waals surface area contributed by atoms with Gasteiger partial charge in [0, 0.05) is 26.4 Å². The molecule has 2 unspecified atom stereocenters. The monoisotopic (exact) mass is 265 g/mol. The van der Waals surface area contributed by atoms with E-state index < -0.39 is 12.2 Å². The van der Waals surface area contributed by atoms with Crippen molar-refractivity contribution in [3.05, 3.63) is 0 Å². The number of hydrogen-bond donors (Lipinski definition) is 3. The van der Waals surface area contributed by atoms with Crippen LogP contribution in [0.2, 0.25) is 0 Å². The number of ether oxygens (including phenoxy) is 3. The molecule has 4 N–H and O–H groups in total. The van der Waals surface area contributed by atoms with Gasteiger partial charge in [0.2, 0.25) is 0 Å². The first-order valence-corrected chi connectivity index (χ1v) is 6.50. The Kier molecular flexibility index (Phi) is 13.0. The van der Waals surface area contributed by atoms with E-state index in [0.717, 1.165) is 12.8 Å². The molecule has 6 heteroatoms. The van der Waals surface area contributed by atoms with Crippen LogP contribution in [0.5, 0.6) is 0 Å². The number of hydrogen-bond acceptors (Lipinski definition) is 6. The predicted octanol–water partition coefficient (Wildman–Crippen LogP) is -0.483. The van der Waals surface area contributed by atoms with Gasteiger partial charge in [0.1, 0.15) is 6.10 Å². The van der Waals surface area contributed by atoms with Gasteiger partial charge in [-0.3, -0.25) is 0 Å². The lowest BCUT2D eigenvalue weighted by atomic mass is 10.3. The van der Waals surface area contributed by atoms with Gasteiger partial charge in [0.25, 0.3) is 0 Å². The number of aliphatic hydroxyl groups excluding tert-OH is 2. The van der Waals surface area contributed by atoms with Crippen molar-refractivity contribution >= 4 is 0 Å². The molecule has 18 heavy (non-hydrogen) atoms. The summed E-state index contributed by atoms with van der Waals surface area (Å²) in [4.78, 5) is 0. The minimum absolute atomic E-state index is 0.223. The highest BCUT2D eigenvalue weighted by Gasteiger charge is 2.03. The Balaban J connectivity index is 3.11. The van der Waals surface area contributed by atoms with Gasteiger partial charge in [-0.1, -0.05) is 0 Å². The van der Waals surface area contributed by atoms with Crippen LogP contribution in [0.1, 0.15) is 19.8 Å². The molecular weight excluding hydrogens is 238 g/mol. The molecule has 0 aliphatic heterocycles. The average Bonchev–Trinajstić information content (AvgIpc) is 2.38. The minimum atomic E-state index is -0.574. The van der Waals surface area contributed by atoms with Crippen molar-refractivity contribution in [1.82, 2.24) is 0 Å². The normalized spacial score (nSPS) is 14.7. The summed E-state index contributed by atoms with van der Waals surface area (Å²) in [6.07, 6.45) is 0.592. The molecular formula is C12H27NO5. The Bertz CT molecular complexity index is 171. The molecule has 0 aromatic heterocycles. The molecule has 0 aliphatic rings. The molecule has 6 nitrogen and oxygen atoms in total. The predicted molar refractivity (Wildman–Crippen MR) is 68.4 cm³/mol. The van der Waals surface area contributed by atoms with Gasteiger partial charge in [-0.25, -0.2) is 0 Å². The fraction of sp³-hybridized carbons (Fsp3) is 1.00. The van der Waals surface area contributed by atoms with Gasteiger partial charge in [-0.15, -0.1) is 0 Å². The number of aliphatic hydroxyl groups is 2. The van der Waals surface area contributed by atoms with Crippen molar-refractivity contribution in [3.8, 4) is 0 Å². The smallest absolute Gasteiger partial charge is 0.101 e. The summed E-state index contributed by atoms with van der Waals surface area (Å²) in [5.74, 6) is 0. The Labute approximate surface area is 109 Å². The third-order valence-corrected chi connectivity index (χ3v) is 2.23. The summed E-state index contributed by atoms with van der Waals surface area (Å²) in [5.41, 5.74) is 5.23. The second-order valence-corrected chi connectivity index (χ2v) is 4.06. The zero-order valence-corrected chi connectivity index (χ0v) is 11.2. The first-order chi connectivity index (χ1) is 8.70. The van der Waals surface area contributed by atoms with E-state index in [1.165, 1.54) is 0 Å². The van der Waals surface area contributed by atoms with Crippen molar-refractivity contribution in [3.63, 3.8) is 0 Å². The van der Waals surface area contributed by atoms with E-state index in [4.69, 9.17) is 25.1 Å². The van der Waals surface area contributed by atoms with Gasteiger partial charge >= 0.3 is 0 Å². The van der Waals surface area contributed by atoms with E-state index in [-0.39, 0.29) is 13.2 Å². The zero-order valence-electron chi connectivity index (χ0n) is 11.2. The molecule has 0 saturated heterocycles. The van der Waals surface area contributed by atoms with Crippen molar-refractivity contribution in [2.24, 2.45) is 5.73 Å². The SMILES string of the molecule is CCOCC(O)COCCCCOCC(O)CN. The second kappa shape index (κ2) is 13.2. The summed E-state index contributed by atoms with van der Waals surface area (Å²) < 4.78 is 15.6. The molecule has 0 bridgehead atoms. The number of unbranched alkanes of at least 4 members (excludes halogenated alkanes) is 1. The first-order valence-electron chi connectivity index (χ1n) is 6.50. The number of nitrogens with two attached hydrogens (primary N) is 1. The summed E-state index contributed by atoms with van der Waals surface area (Å²) in [7, 11) is 0. The second-order valence-electron chi connectivity index (χ2n) is 4.06. The molecule has 110 valence electrons. The van der Waals surface area contributed by atoms with E-state index in [0.29, 0.717) is 33.0 Å². The van der Waals surface area contributed by atoms with Gasteiger partial charge in [0.05, 0.1) is 25.9 Å². The lowest BCUT2D eigenvalue weighted by Crippen LogP contribution is -2.25. The van der Waals surface area contributed by atoms with Crippen molar-refractivity contribution < 1.29 is 24.4 Å². The summed E-state index contributed by atoms with van der Waals surface area (Å²) >= 11 is 0. The van der Waals surface area contributed by atoms with Crippen LogP contribution in [0, 0.1) is 0 Å². The van der Waals surface area contributed by atoms with E-state index >= 15 is 0 Å². The maximum Gasteiger partial charge on any atom is 0.101 e. The van der Waals surface area contributed by atoms with Gasteiger partial charge in [0.15, 0.2) is 0 Å². The van der Waals surface area contributed by atoms with Crippen molar-refractivity contribution in [2.75, 3.05) is 46.2 Å². The Morgan fingerprint density at radius 2 is 1.39 bits per heavy atom. The largest absolute Gasteiger partial charge is 0.389 e. The van der Waals surface area contributed by atoms with E-state index in [1.54, 1.807) is 0 Å². The fourth-order valence-corrected chi connectivity index (χ4v) is 1.22.